The van der Waals surface area contributed by atoms with Crippen LogP contribution in [0.4, 0.5) is 5.82 Å². The van der Waals surface area contributed by atoms with Crippen molar-refractivity contribution < 1.29 is 14.6 Å². The highest BCUT2D eigenvalue weighted by Gasteiger charge is 2.44. The van der Waals surface area contributed by atoms with Gasteiger partial charge >= 0.3 is 0 Å². The molecule has 6 heteroatoms. The molecule has 168 valence electrons. The zero-order chi connectivity index (χ0) is 21.8. The molecule has 1 amide bonds. The number of likely N-dealkylation sites (N-methyl/N-ethyl adjacent to an activating group) is 1. The molecule has 0 radical (unpaired) electrons. The van der Waals surface area contributed by atoms with E-state index in [1.165, 1.54) is 23.1 Å². The quantitative estimate of drug-likeness (QED) is 0.806. The first-order valence-electron chi connectivity index (χ1n) is 12.0. The smallest absolute Gasteiger partial charge is 0.272 e. The van der Waals surface area contributed by atoms with Crippen LogP contribution in [0.3, 0.4) is 0 Å². The number of hydrogen-bond acceptors (Lipinski definition) is 5. The molecule has 1 aromatic carbocycles. The molecule has 1 saturated carbocycles. The second kappa shape index (κ2) is 7.77. The van der Waals surface area contributed by atoms with Crippen molar-refractivity contribution in [3.05, 3.63) is 52.7 Å². The standard InChI is InChI=1S/C26H31N3O3/c1-28-10-9-17-6-8-22(27-25(17)28)26(31)29-14-19-12-23(30)24(13-20(19)15-29)32-21-7-5-16-3-2-4-18(16)11-21/h5-8,11,19-20,23-24,30H,2-4,9-10,12-15H2,1H3/t19-,20+,23+,24+/m0/s1. The molecule has 6 nitrogen and oxygen atoms in total. The predicted octanol–water partition coefficient (Wildman–Crippen LogP) is 2.85. The summed E-state index contributed by atoms with van der Waals surface area (Å²) in [4.78, 5) is 21.9. The van der Waals surface area contributed by atoms with Crippen LogP contribution in [0.5, 0.6) is 5.75 Å². The second-order valence-electron chi connectivity index (χ2n) is 10.1. The van der Waals surface area contributed by atoms with Crippen molar-refractivity contribution in [1.29, 1.82) is 0 Å². The Bertz CT molecular complexity index is 1050. The van der Waals surface area contributed by atoms with Crippen molar-refractivity contribution in [2.75, 3.05) is 31.6 Å². The van der Waals surface area contributed by atoms with Gasteiger partial charge in [0.2, 0.25) is 0 Å². The topological polar surface area (TPSA) is 65.9 Å². The minimum absolute atomic E-state index is 0.00748. The van der Waals surface area contributed by atoms with Gasteiger partial charge in [0.15, 0.2) is 0 Å². The summed E-state index contributed by atoms with van der Waals surface area (Å²) in [6.07, 6.45) is 5.25. The maximum absolute atomic E-state index is 13.2. The van der Waals surface area contributed by atoms with Crippen LogP contribution >= 0.6 is 0 Å². The van der Waals surface area contributed by atoms with Crippen LogP contribution in [0.25, 0.3) is 0 Å². The fourth-order valence-corrected chi connectivity index (χ4v) is 6.16. The number of aryl methyl sites for hydroxylation is 2. The van der Waals surface area contributed by atoms with Crippen molar-refractivity contribution >= 4 is 11.7 Å². The largest absolute Gasteiger partial charge is 0.488 e. The Labute approximate surface area is 189 Å². The van der Waals surface area contributed by atoms with E-state index in [4.69, 9.17) is 4.74 Å². The number of anilines is 1. The van der Waals surface area contributed by atoms with E-state index < -0.39 is 6.10 Å². The lowest BCUT2D eigenvalue weighted by Gasteiger charge is -2.35. The molecule has 2 aliphatic carbocycles. The number of likely N-dealkylation sites (tertiary alicyclic amines) is 1. The Hall–Kier alpha value is -2.60. The molecule has 1 saturated heterocycles. The summed E-state index contributed by atoms with van der Waals surface area (Å²) in [5.74, 6) is 2.49. The average Bonchev–Trinajstić information content (AvgIpc) is 3.51. The van der Waals surface area contributed by atoms with E-state index in [2.05, 4.69) is 22.0 Å². The van der Waals surface area contributed by atoms with Crippen LogP contribution in [-0.2, 0) is 19.3 Å². The molecule has 2 fully saturated rings. The molecule has 4 atom stereocenters. The predicted molar refractivity (Wildman–Crippen MR) is 122 cm³/mol. The molecule has 0 bridgehead atoms. The van der Waals surface area contributed by atoms with E-state index in [0.29, 0.717) is 30.5 Å². The fraction of sp³-hybridized carbons (Fsp3) is 0.538. The normalized spacial score (nSPS) is 28.4. The van der Waals surface area contributed by atoms with Crippen LogP contribution in [0, 0.1) is 11.8 Å². The van der Waals surface area contributed by atoms with Gasteiger partial charge in [-0.1, -0.05) is 12.1 Å². The molecule has 2 aliphatic heterocycles. The molecule has 1 N–H and O–H groups in total. The minimum atomic E-state index is -0.494. The molecule has 32 heavy (non-hydrogen) atoms. The molecule has 1 aromatic heterocycles. The van der Waals surface area contributed by atoms with Gasteiger partial charge in [0.05, 0.1) is 6.10 Å². The molecular formula is C26H31N3O3. The van der Waals surface area contributed by atoms with Gasteiger partial charge in [0.1, 0.15) is 23.4 Å². The highest BCUT2D eigenvalue weighted by molar-refractivity contribution is 5.93. The highest BCUT2D eigenvalue weighted by atomic mass is 16.5. The van der Waals surface area contributed by atoms with E-state index in [0.717, 1.165) is 50.3 Å². The number of carbonyl (C=O) groups excluding carboxylic acids is 1. The van der Waals surface area contributed by atoms with Crippen LogP contribution < -0.4 is 9.64 Å². The van der Waals surface area contributed by atoms with Crippen LogP contribution in [0.15, 0.2) is 30.3 Å². The summed E-state index contributed by atoms with van der Waals surface area (Å²) in [6.45, 7) is 2.37. The summed E-state index contributed by atoms with van der Waals surface area (Å²) < 4.78 is 6.27. The molecule has 0 unspecified atom stereocenters. The third kappa shape index (κ3) is 3.45. The Morgan fingerprint density at radius 1 is 1.03 bits per heavy atom. The fourth-order valence-electron chi connectivity index (χ4n) is 6.16. The van der Waals surface area contributed by atoms with E-state index >= 15 is 0 Å². The number of amides is 1. The van der Waals surface area contributed by atoms with Crippen LogP contribution in [0.2, 0.25) is 0 Å². The number of nitrogens with zero attached hydrogens (tertiary/aromatic N) is 3. The number of hydrogen-bond donors (Lipinski definition) is 1. The lowest BCUT2D eigenvalue weighted by Crippen LogP contribution is -2.42. The van der Waals surface area contributed by atoms with Gasteiger partial charge in [-0.15, -0.1) is 0 Å². The zero-order valence-electron chi connectivity index (χ0n) is 18.7. The SMILES string of the molecule is CN1CCc2ccc(C(=O)N3C[C@H]4C[C@@H](Oc5ccc6c(c5)CCC6)[C@H](O)C[C@H]4C3)nc21. The number of fused-ring (bicyclic) bond motifs is 3. The number of aliphatic hydroxyl groups excluding tert-OH is 1. The van der Waals surface area contributed by atoms with Crippen LogP contribution in [-0.4, -0.2) is 59.8 Å². The molecule has 4 aliphatic rings. The maximum Gasteiger partial charge on any atom is 0.272 e. The first kappa shape index (κ1) is 20.0. The van der Waals surface area contributed by atoms with Crippen molar-refractivity contribution in [2.45, 2.75) is 50.7 Å². The van der Waals surface area contributed by atoms with Crippen molar-refractivity contribution in [3.8, 4) is 5.75 Å². The molecule has 0 spiro atoms. The summed E-state index contributed by atoms with van der Waals surface area (Å²) in [5, 5.41) is 10.8. The summed E-state index contributed by atoms with van der Waals surface area (Å²) in [7, 11) is 2.03. The monoisotopic (exact) mass is 433 g/mol. The van der Waals surface area contributed by atoms with Gasteiger partial charge in [-0.05, 0) is 85.3 Å². The van der Waals surface area contributed by atoms with Crippen LogP contribution in [0.1, 0.15) is 46.4 Å². The highest BCUT2D eigenvalue weighted by Crippen LogP contribution is 2.39. The molecule has 3 heterocycles. The first-order valence-corrected chi connectivity index (χ1v) is 12.0. The van der Waals surface area contributed by atoms with E-state index in [1.54, 1.807) is 0 Å². The van der Waals surface area contributed by atoms with Crippen molar-refractivity contribution in [3.63, 3.8) is 0 Å². The number of carbonyl (C=O) groups is 1. The summed E-state index contributed by atoms with van der Waals surface area (Å²) in [6, 6.07) is 10.3. The number of benzene rings is 1. The summed E-state index contributed by atoms with van der Waals surface area (Å²) in [5.41, 5.74) is 4.56. The number of aliphatic hydroxyl groups is 1. The second-order valence-corrected chi connectivity index (χ2v) is 10.1. The molecular weight excluding hydrogens is 402 g/mol. The van der Waals surface area contributed by atoms with E-state index in [-0.39, 0.29) is 12.0 Å². The number of aromatic nitrogens is 1. The van der Waals surface area contributed by atoms with Gasteiger partial charge in [-0.2, -0.15) is 0 Å². The van der Waals surface area contributed by atoms with E-state index in [9.17, 15) is 9.90 Å². The molecule has 6 rings (SSSR count). The first-order chi connectivity index (χ1) is 15.5. The van der Waals surface area contributed by atoms with Crippen molar-refractivity contribution in [2.24, 2.45) is 11.8 Å². The lowest BCUT2D eigenvalue weighted by atomic mass is 9.78. The van der Waals surface area contributed by atoms with Gasteiger partial charge < -0.3 is 19.6 Å². The van der Waals surface area contributed by atoms with Gasteiger partial charge in [-0.25, -0.2) is 4.98 Å². The molecule has 2 aromatic rings. The third-order valence-corrected chi connectivity index (χ3v) is 7.98. The zero-order valence-corrected chi connectivity index (χ0v) is 18.7. The van der Waals surface area contributed by atoms with Gasteiger partial charge in [0, 0.05) is 26.7 Å². The Kier molecular flexibility index (Phi) is 4.86. The Balaban J connectivity index is 1.13. The third-order valence-electron chi connectivity index (χ3n) is 7.98. The number of rotatable bonds is 3. The number of ether oxygens (including phenoxy) is 1. The lowest BCUT2D eigenvalue weighted by molar-refractivity contribution is -0.0231. The van der Waals surface area contributed by atoms with Crippen molar-refractivity contribution in [1.82, 2.24) is 9.88 Å². The maximum atomic E-state index is 13.2. The summed E-state index contributed by atoms with van der Waals surface area (Å²) >= 11 is 0. The van der Waals surface area contributed by atoms with E-state index in [1.807, 2.05) is 30.1 Å². The van der Waals surface area contributed by atoms with Gasteiger partial charge in [-0.3, -0.25) is 4.79 Å². The Morgan fingerprint density at radius 3 is 2.69 bits per heavy atom. The average molecular weight is 434 g/mol. The Morgan fingerprint density at radius 2 is 1.81 bits per heavy atom. The number of pyridine rings is 1. The minimum Gasteiger partial charge on any atom is -0.488 e. The van der Waals surface area contributed by atoms with Gasteiger partial charge in [0.25, 0.3) is 5.91 Å².